The van der Waals surface area contributed by atoms with Crippen molar-refractivity contribution in [1.82, 2.24) is 10.6 Å². The van der Waals surface area contributed by atoms with Crippen LogP contribution in [0.3, 0.4) is 0 Å². The molecule has 6 nitrogen and oxygen atoms in total. The molecule has 0 unspecified atom stereocenters. The average Bonchev–Trinajstić information content (AvgIpc) is 2.17. The fraction of sp³-hybridized carbons (Fsp3) is 0.800. The number of hydrogen-bond acceptors (Lipinski definition) is 4. The van der Waals surface area contributed by atoms with Gasteiger partial charge in [0.1, 0.15) is 0 Å². The second-order valence-electron chi connectivity index (χ2n) is 4.43. The Morgan fingerprint density at radius 1 is 1.38 bits per heavy atom. The van der Waals surface area contributed by atoms with Crippen LogP contribution in [0.2, 0.25) is 0 Å². The van der Waals surface area contributed by atoms with Crippen LogP contribution in [-0.4, -0.2) is 36.7 Å². The molecule has 0 aromatic rings. The van der Waals surface area contributed by atoms with Gasteiger partial charge in [-0.05, 0) is 39.8 Å². The van der Waals surface area contributed by atoms with E-state index >= 15 is 0 Å². The fourth-order valence-corrected chi connectivity index (χ4v) is 1.62. The topological polar surface area (TPSA) is 93.5 Å². The molecular weight excluding hydrogens is 210 g/mol. The van der Waals surface area contributed by atoms with Gasteiger partial charge in [0, 0.05) is 6.04 Å². The van der Waals surface area contributed by atoms with Crippen LogP contribution < -0.4 is 16.4 Å². The SMILES string of the molecule is CC(C)(OC(N)=O)C(=O)NC1CCNCC1. The van der Waals surface area contributed by atoms with Crippen LogP contribution in [0.4, 0.5) is 4.79 Å². The van der Waals surface area contributed by atoms with Gasteiger partial charge >= 0.3 is 6.09 Å². The Hall–Kier alpha value is -1.30. The molecule has 1 heterocycles. The van der Waals surface area contributed by atoms with E-state index in [2.05, 4.69) is 10.6 Å². The molecule has 1 aliphatic heterocycles. The molecule has 0 bridgehead atoms. The number of piperidine rings is 1. The smallest absolute Gasteiger partial charge is 0.405 e. The molecule has 4 N–H and O–H groups in total. The van der Waals surface area contributed by atoms with E-state index in [0.29, 0.717) is 0 Å². The number of hydrogen-bond donors (Lipinski definition) is 3. The molecule has 6 heteroatoms. The van der Waals surface area contributed by atoms with Crippen LogP contribution in [0.25, 0.3) is 0 Å². The number of rotatable bonds is 3. The molecule has 0 radical (unpaired) electrons. The molecule has 0 aromatic heterocycles. The van der Waals surface area contributed by atoms with Crippen LogP contribution >= 0.6 is 0 Å². The first-order valence-corrected chi connectivity index (χ1v) is 5.42. The van der Waals surface area contributed by atoms with Crippen molar-refractivity contribution in [3.8, 4) is 0 Å². The van der Waals surface area contributed by atoms with E-state index in [0.717, 1.165) is 25.9 Å². The number of primary amides is 1. The summed E-state index contributed by atoms with van der Waals surface area (Å²) in [5, 5.41) is 6.06. The Bertz CT molecular complexity index is 272. The maximum atomic E-state index is 11.8. The molecule has 1 saturated heterocycles. The van der Waals surface area contributed by atoms with Gasteiger partial charge in [-0.25, -0.2) is 4.79 Å². The number of nitrogens with two attached hydrogens (primary N) is 1. The van der Waals surface area contributed by atoms with Gasteiger partial charge in [0.2, 0.25) is 0 Å². The molecule has 0 atom stereocenters. The van der Waals surface area contributed by atoms with Gasteiger partial charge in [-0.15, -0.1) is 0 Å². The van der Waals surface area contributed by atoms with E-state index in [9.17, 15) is 9.59 Å². The van der Waals surface area contributed by atoms with Gasteiger partial charge in [0.05, 0.1) is 0 Å². The summed E-state index contributed by atoms with van der Waals surface area (Å²) >= 11 is 0. The Labute approximate surface area is 94.9 Å². The van der Waals surface area contributed by atoms with E-state index in [4.69, 9.17) is 10.5 Å². The third-order valence-electron chi connectivity index (χ3n) is 2.58. The summed E-state index contributed by atoms with van der Waals surface area (Å²) in [4.78, 5) is 22.4. The van der Waals surface area contributed by atoms with Gasteiger partial charge in [-0.2, -0.15) is 0 Å². The molecule has 1 aliphatic rings. The zero-order valence-corrected chi connectivity index (χ0v) is 9.71. The van der Waals surface area contributed by atoms with E-state index in [1.807, 2.05) is 0 Å². The third kappa shape index (κ3) is 3.69. The molecule has 0 aliphatic carbocycles. The van der Waals surface area contributed by atoms with Crippen LogP contribution in [0.1, 0.15) is 26.7 Å². The number of ether oxygens (including phenoxy) is 1. The van der Waals surface area contributed by atoms with E-state index < -0.39 is 11.7 Å². The number of nitrogens with one attached hydrogen (secondary N) is 2. The normalized spacial score (nSPS) is 17.9. The molecule has 0 aromatic carbocycles. The first-order valence-electron chi connectivity index (χ1n) is 5.42. The highest BCUT2D eigenvalue weighted by Gasteiger charge is 2.32. The van der Waals surface area contributed by atoms with Gasteiger partial charge in [-0.3, -0.25) is 4.79 Å². The third-order valence-corrected chi connectivity index (χ3v) is 2.58. The number of carbonyl (C=O) groups is 2. The van der Waals surface area contributed by atoms with Crippen molar-refractivity contribution in [3.63, 3.8) is 0 Å². The summed E-state index contributed by atoms with van der Waals surface area (Å²) in [7, 11) is 0. The Morgan fingerprint density at radius 2 is 1.94 bits per heavy atom. The fourth-order valence-electron chi connectivity index (χ4n) is 1.62. The second kappa shape index (κ2) is 5.16. The summed E-state index contributed by atoms with van der Waals surface area (Å²) in [5.41, 5.74) is 3.69. The van der Waals surface area contributed by atoms with Crippen molar-refractivity contribution >= 4 is 12.0 Å². The van der Waals surface area contributed by atoms with Crippen LogP contribution in [0, 0.1) is 0 Å². The molecular formula is C10H19N3O3. The Morgan fingerprint density at radius 3 is 2.44 bits per heavy atom. The summed E-state index contributed by atoms with van der Waals surface area (Å²) in [6, 6.07) is 0.143. The molecule has 1 rings (SSSR count). The number of carbonyl (C=O) groups excluding carboxylic acids is 2. The summed E-state index contributed by atoms with van der Waals surface area (Å²) in [5.74, 6) is -0.307. The minimum atomic E-state index is -1.21. The zero-order chi connectivity index (χ0) is 12.2. The van der Waals surface area contributed by atoms with Crippen molar-refractivity contribution in [2.45, 2.75) is 38.3 Å². The predicted molar refractivity (Wildman–Crippen MR) is 58.8 cm³/mol. The van der Waals surface area contributed by atoms with Crippen molar-refractivity contribution in [2.75, 3.05) is 13.1 Å². The van der Waals surface area contributed by atoms with Crippen molar-refractivity contribution < 1.29 is 14.3 Å². The quantitative estimate of drug-likeness (QED) is 0.621. The van der Waals surface area contributed by atoms with E-state index in [1.54, 1.807) is 0 Å². The molecule has 0 spiro atoms. The lowest BCUT2D eigenvalue weighted by molar-refractivity contribution is -0.137. The minimum Gasteiger partial charge on any atom is -0.434 e. The largest absolute Gasteiger partial charge is 0.434 e. The number of amides is 2. The molecule has 0 saturated carbocycles. The standard InChI is InChI=1S/C10H19N3O3/c1-10(2,16-9(11)15)8(14)13-7-3-5-12-6-4-7/h7,12H,3-6H2,1-2H3,(H2,11,15)(H,13,14). The Kier molecular flexibility index (Phi) is 4.12. The van der Waals surface area contributed by atoms with Gasteiger partial charge in [-0.1, -0.05) is 0 Å². The first kappa shape index (κ1) is 12.8. The van der Waals surface area contributed by atoms with Crippen LogP contribution in [0.15, 0.2) is 0 Å². The first-order chi connectivity index (χ1) is 7.42. The monoisotopic (exact) mass is 229 g/mol. The summed E-state index contributed by atoms with van der Waals surface area (Å²) < 4.78 is 4.75. The highest BCUT2D eigenvalue weighted by Crippen LogP contribution is 2.11. The maximum absolute atomic E-state index is 11.8. The highest BCUT2D eigenvalue weighted by atomic mass is 16.6. The summed E-state index contributed by atoms with van der Waals surface area (Å²) in [6.07, 6.45) is 0.835. The molecule has 2 amide bonds. The van der Waals surface area contributed by atoms with Crippen molar-refractivity contribution in [1.29, 1.82) is 0 Å². The predicted octanol–water partition coefficient (Wildman–Crippen LogP) is -0.271. The van der Waals surface area contributed by atoms with Gasteiger partial charge in [0.25, 0.3) is 5.91 Å². The lowest BCUT2D eigenvalue weighted by Crippen LogP contribution is -2.52. The highest BCUT2D eigenvalue weighted by molar-refractivity contribution is 5.86. The average molecular weight is 229 g/mol. The molecule has 1 fully saturated rings. The van der Waals surface area contributed by atoms with Gasteiger partial charge < -0.3 is 21.1 Å². The van der Waals surface area contributed by atoms with E-state index in [-0.39, 0.29) is 11.9 Å². The van der Waals surface area contributed by atoms with Crippen molar-refractivity contribution in [2.24, 2.45) is 5.73 Å². The summed E-state index contributed by atoms with van der Waals surface area (Å²) in [6.45, 7) is 4.83. The van der Waals surface area contributed by atoms with Gasteiger partial charge in [0.15, 0.2) is 5.60 Å². The zero-order valence-electron chi connectivity index (χ0n) is 9.71. The van der Waals surface area contributed by atoms with Crippen molar-refractivity contribution in [3.05, 3.63) is 0 Å². The van der Waals surface area contributed by atoms with Crippen LogP contribution in [-0.2, 0) is 9.53 Å². The lowest BCUT2D eigenvalue weighted by atomic mass is 10.0. The Balaban J connectivity index is 2.46. The maximum Gasteiger partial charge on any atom is 0.405 e. The minimum absolute atomic E-state index is 0.143. The molecule has 92 valence electrons. The lowest BCUT2D eigenvalue weighted by Gasteiger charge is -2.28. The molecule has 16 heavy (non-hydrogen) atoms. The van der Waals surface area contributed by atoms with Crippen LogP contribution in [0.5, 0.6) is 0 Å². The second-order valence-corrected chi connectivity index (χ2v) is 4.43. The van der Waals surface area contributed by atoms with E-state index in [1.165, 1.54) is 13.8 Å².